The molecule has 2 aliphatic heterocycles. The van der Waals surface area contributed by atoms with Crippen LogP contribution in [-0.2, 0) is 30.5 Å². The zero-order valence-corrected chi connectivity index (χ0v) is 11.3. The molecular formula is C16H14O4. The number of hydrogen-bond acceptors (Lipinski definition) is 4. The smallest absolute Gasteiger partial charge is 0.233 e. The van der Waals surface area contributed by atoms with Gasteiger partial charge in [-0.25, -0.2) is 0 Å². The standard InChI is InChI=1S/C16H14O4/c1-17-15-11-7-3-4-8-12(11)16(18-2)14(20-16)10-6-5-9-13(14,15)19-15/h3-10H,1-2H3. The third-order valence-corrected chi connectivity index (χ3v) is 5.04. The van der Waals surface area contributed by atoms with E-state index in [1.807, 2.05) is 48.6 Å². The van der Waals surface area contributed by atoms with Gasteiger partial charge in [-0.2, -0.15) is 0 Å². The number of epoxide rings is 2. The first-order chi connectivity index (χ1) is 9.72. The van der Waals surface area contributed by atoms with Crippen LogP contribution in [0.5, 0.6) is 0 Å². The van der Waals surface area contributed by atoms with Crippen molar-refractivity contribution in [3.8, 4) is 0 Å². The first-order valence-corrected chi connectivity index (χ1v) is 6.70. The summed E-state index contributed by atoms with van der Waals surface area (Å²) < 4.78 is 23.8. The molecule has 4 unspecified atom stereocenters. The van der Waals surface area contributed by atoms with Crippen LogP contribution in [0.15, 0.2) is 48.6 Å². The molecule has 4 aliphatic rings. The molecule has 2 fully saturated rings. The van der Waals surface area contributed by atoms with E-state index in [-0.39, 0.29) is 0 Å². The highest BCUT2D eigenvalue weighted by Crippen LogP contribution is 2.80. The van der Waals surface area contributed by atoms with Crippen molar-refractivity contribution >= 4 is 0 Å². The van der Waals surface area contributed by atoms with Crippen molar-refractivity contribution in [2.24, 2.45) is 0 Å². The molecule has 0 saturated carbocycles. The second-order valence-electron chi connectivity index (χ2n) is 5.58. The fourth-order valence-corrected chi connectivity index (χ4v) is 4.13. The van der Waals surface area contributed by atoms with Gasteiger partial charge in [-0.1, -0.05) is 36.4 Å². The molecule has 2 heterocycles. The molecule has 20 heavy (non-hydrogen) atoms. The average molecular weight is 270 g/mol. The van der Waals surface area contributed by atoms with Gasteiger partial charge >= 0.3 is 0 Å². The molecule has 102 valence electrons. The Morgan fingerprint density at radius 2 is 1.25 bits per heavy atom. The molecule has 0 aromatic heterocycles. The molecule has 1 aromatic rings. The zero-order chi connectivity index (χ0) is 13.6. The Labute approximate surface area is 116 Å². The fraction of sp³-hybridized carbons (Fsp3) is 0.375. The van der Waals surface area contributed by atoms with E-state index >= 15 is 0 Å². The lowest BCUT2D eigenvalue weighted by molar-refractivity contribution is -0.0378. The quantitative estimate of drug-likeness (QED) is 0.771. The van der Waals surface area contributed by atoms with E-state index in [4.69, 9.17) is 18.9 Å². The predicted octanol–water partition coefficient (Wildman–Crippen LogP) is 1.96. The topological polar surface area (TPSA) is 43.5 Å². The average Bonchev–Trinajstić information content (AvgIpc) is 3.35. The van der Waals surface area contributed by atoms with Crippen molar-refractivity contribution in [2.75, 3.05) is 14.2 Å². The Bertz CT molecular complexity index is 636. The summed E-state index contributed by atoms with van der Waals surface area (Å²) >= 11 is 0. The minimum Gasteiger partial charge on any atom is -0.347 e. The molecule has 0 N–H and O–H groups in total. The van der Waals surface area contributed by atoms with Gasteiger partial charge in [0.25, 0.3) is 0 Å². The van der Waals surface area contributed by atoms with Crippen LogP contribution in [0.4, 0.5) is 0 Å². The summed E-state index contributed by atoms with van der Waals surface area (Å²) in [6, 6.07) is 8.00. The summed E-state index contributed by atoms with van der Waals surface area (Å²) in [5.74, 6) is -1.55. The molecule has 4 heteroatoms. The molecule has 2 saturated heterocycles. The molecule has 4 atom stereocenters. The third-order valence-electron chi connectivity index (χ3n) is 5.04. The van der Waals surface area contributed by atoms with Crippen molar-refractivity contribution in [3.63, 3.8) is 0 Å². The highest BCUT2D eigenvalue weighted by Gasteiger charge is 2.97. The number of hydrogen-bond donors (Lipinski definition) is 0. The predicted molar refractivity (Wildman–Crippen MR) is 69.7 cm³/mol. The van der Waals surface area contributed by atoms with Crippen LogP contribution in [-0.4, -0.2) is 25.4 Å². The lowest BCUT2D eigenvalue weighted by atomic mass is 9.70. The Morgan fingerprint density at radius 3 is 1.65 bits per heavy atom. The summed E-state index contributed by atoms with van der Waals surface area (Å²) in [7, 11) is 3.35. The van der Waals surface area contributed by atoms with Crippen molar-refractivity contribution in [1.82, 2.24) is 0 Å². The highest BCUT2D eigenvalue weighted by atomic mass is 16.9. The maximum absolute atomic E-state index is 6.14. The van der Waals surface area contributed by atoms with E-state index in [2.05, 4.69) is 0 Å². The fourth-order valence-electron chi connectivity index (χ4n) is 4.13. The van der Waals surface area contributed by atoms with E-state index in [1.165, 1.54) is 0 Å². The van der Waals surface area contributed by atoms with Crippen LogP contribution in [0, 0.1) is 0 Å². The van der Waals surface area contributed by atoms with Gasteiger partial charge in [-0.3, -0.25) is 0 Å². The third kappa shape index (κ3) is 0.780. The first-order valence-electron chi connectivity index (χ1n) is 6.70. The van der Waals surface area contributed by atoms with Gasteiger partial charge in [0, 0.05) is 25.3 Å². The SMILES string of the molecule is COC12OC13C=CC=CC31OC1(OC)c1ccccc12. The van der Waals surface area contributed by atoms with Crippen molar-refractivity contribution in [3.05, 3.63) is 59.7 Å². The van der Waals surface area contributed by atoms with Crippen LogP contribution in [0.1, 0.15) is 11.1 Å². The zero-order valence-electron chi connectivity index (χ0n) is 11.3. The van der Waals surface area contributed by atoms with Gasteiger partial charge in [0.2, 0.25) is 11.6 Å². The second kappa shape index (κ2) is 2.92. The van der Waals surface area contributed by atoms with Crippen LogP contribution >= 0.6 is 0 Å². The second-order valence-corrected chi connectivity index (χ2v) is 5.58. The van der Waals surface area contributed by atoms with Gasteiger partial charge in [-0.15, -0.1) is 0 Å². The van der Waals surface area contributed by atoms with Crippen molar-refractivity contribution < 1.29 is 18.9 Å². The number of ether oxygens (including phenoxy) is 4. The lowest BCUT2D eigenvalue weighted by Crippen LogP contribution is -2.48. The number of allylic oxidation sites excluding steroid dienone is 2. The number of methoxy groups -OCH3 is 2. The Morgan fingerprint density at radius 1 is 0.800 bits per heavy atom. The largest absolute Gasteiger partial charge is 0.347 e. The summed E-state index contributed by atoms with van der Waals surface area (Å²) in [6.45, 7) is 0. The maximum Gasteiger partial charge on any atom is 0.233 e. The van der Waals surface area contributed by atoms with Gasteiger partial charge in [-0.05, 0) is 12.2 Å². The number of rotatable bonds is 2. The Kier molecular flexibility index (Phi) is 1.64. The van der Waals surface area contributed by atoms with E-state index in [1.54, 1.807) is 14.2 Å². The maximum atomic E-state index is 6.14. The number of fused-ring (bicyclic) bond motifs is 3. The summed E-state index contributed by atoms with van der Waals surface area (Å²) in [4.78, 5) is 0. The minimum absolute atomic E-state index is 0.631. The molecule has 1 aromatic carbocycles. The van der Waals surface area contributed by atoms with Crippen LogP contribution in [0.2, 0.25) is 0 Å². The van der Waals surface area contributed by atoms with E-state index in [9.17, 15) is 0 Å². The monoisotopic (exact) mass is 270 g/mol. The minimum atomic E-state index is -0.774. The number of benzene rings is 1. The van der Waals surface area contributed by atoms with Gasteiger partial charge < -0.3 is 18.9 Å². The van der Waals surface area contributed by atoms with Gasteiger partial charge in [0.15, 0.2) is 11.2 Å². The van der Waals surface area contributed by atoms with E-state index < -0.39 is 22.8 Å². The molecule has 2 aliphatic carbocycles. The Hall–Kier alpha value is -1.46. The molecule has 0 radical (unpaired) electrons. The van der Waals surface area contributed by atoms with E-state index in [0.717, 1.165) is 11.1 Å². The normalized spacial score (nSPS) is 48.9. The molecule has 0 bridgehead atoms. The summed E-state index contributed by atoms with van der Waals surface area (Å²) in [6.07, 6.45) is 7.99. The highest BCUT2D eigenvalue weighted by molar-refractivity contribution is 5.61. The van der Waals surface area contributed by atoms with Crippen LogP contribution in [0.25, 0.3) is 0 Å². The van der Waals surface area contributed by atoms with E-state index in [0.29, 0.717) is 0 Å². The first kappa shape index (κ1) is 11.2. The van der Waals surface area contributed by atoms with Crippen LogP contribution < -0.4 is 0 Å². The van der Waals surface area contributed by atoms with Gasteiger partial charge in [0.1, 0.15) is 0 Å². The molecule has 0 amide bonds. The Balaban J connectivity index is 1.88. The molecule has 2 spiro atoms. The molecule has 4 nitrogen and oxygen atoms in total. The molecular weight excluding hydrogens is 256 g/mol. The van der Waals surface area contributed by atoms with Crippen molar-refractivity contribution in [1.29, 1.82) is 0 Å². The lowest BCUT2D eigenvalue weighted by Gasteiger charge is -2.31. The summed E-state index contributed by atoms with van der Waals surface area (Å²) in [5.41, 5.74) is 0.705. The molecule has 5 rings (SSSR count). The van der Waals surface area contributed by atoms with Crippen LogP contribution in [0.3, 0.4) is 0 Å². The summed E-state index contributed by atoms with van der Waals surface area (Å²) in [5, 5.41) is 0. The van der Waals surface area contributed by atoms with Gasteiger partial charge in [0.05, 0.1) is 0 Å². The van der Waals surface area contributed by atoms with Crippen molar-refractivity contribution in [2.45, 2.75) is 22.8 Å².